The van der Waals surface area contributed by atoms with Gasteiger partial charge in [0.2, 0.25) is 0 Å². The second-order valence-electron chi connectivity index (χ2n) is 7.71. The van der Waals surface area contributed by atoms with Crippen LogP contribution in [0.25, 0.3) is 11.6 Å². The van der Waals surface area contributed by atoms with Crippen LogP contribution in [-0.4, -0.2) is 5.78 Å². The molecule has 0 heterocycles. The zero-order valence-electron chi connectivity index (χ0n) is 16.8. The van der Waals surface area contributed by atoms with Crippen LogP contribution >= 0.6 is 0 Å². The molecule has 0 fully saturated rings. The molecule has 0 saturated heterocycles. The predicted octanol–water partition coefficient (Wildman–Crippen LogP) is 7.32. The van der Waals surface area contributed by atoms with Gasteiger partial charge in [-0.1, -0.05) is 91.0 Å². The van der Waals surface area contributed by atoms with E-state index < -0.39 is 0 Å². The van der Waals surface area contributed by atoms with Crippen molar-refractivity contribution in [2.75, 3.05) is 0 Å². The fourth-order valence-electron chi connectivity index (χ4n) is 4.07. The summed E-state index contributed by atoms with van der Waals surface area (Å²) in [6, 6.07) is 29.4. The van der Waals surface area contributed by atoms with Crippen molar-refractivity contribution in [2.24, 2.45) is 0 Å². The van der Waals surface area contributed by atoms with E-state index in [9.17, 15) is 4.79 Å². The maximum absolute atomic E-state index is 11.6. The number of carbonyl (C=O) groups is 1. The molecule has 1 atom stereocenters. The van der Waals surface area contributed by atoms with Gasteiger partial charge in [-0.15, -0.1) is 0 Å². The van der Waals surface area contributed by atoms with Gasteiger partial charge in [-0.05, 0) is 66.0 Å². The Hall–Kier alpha value is -3.19. The highest BCUT2D eigenvalue weighted by Gasteiger charge is 2.19. The lowest BCUT2D eigenvalue weighted by molar-refractivity contribution is 0.101. The monoisotopic (exact) mass is 378 g/mol. The van der Waals surface area contributed by atoms with Crippen LogP contribution in [0.15, 0.2) is 96.6 Å². The number of benzene rings is 3. The number of rotatable bonds is 5. The Kier molecular flexibility index (Phi) is 5.86. The quantitative estimate of drug-likeness (QED) is 0.336. The standard InChI is InChI=1S/C28H26O/c1-21(29)23-14-12-22(13-15-23)20-28(26-10-6-3-7-11-26)27-18-16-25(17-19-27)24-8-4-2-5-9-24/h2-15,18,20,25H,16-17,19H2,1H3/b28-20+. The minimum atomic E-state index is 0.103. The number of allylic oxidation sites excluding steroid dienone is 3. The predicted molar refractivity (Wildman–Crippen MR) is 122 cm³/mol. The summed E-state index contributed by atoms with van der Waals surface area (Å²) in [5, 5.41) is 0. The number of hydrogen-bond acceptors (Lipinski definition) is 1. The molecule has 0 saturated carbocycles. The molecule has 29 heavy (non-hydrogen) atoms. The van der Waals surface area contributed by atoms with Crippen molar-refractivity contribution in [1.29, 1.82) is 0 Å². The topological polar surface area (TPSA) is 17.1 Å². The van der Waals surface area contributed by atoms with Crippen LogP contribution in [0.5, 0.6) is 0 Å². The Labute approximate surface area is 173 Å². The summed E-state index contributed by atoms with van der Waals surface area (Å²) in [6.45, 7) is 1.61. The van der Waals surface area contributed by atoms with Gasteiger partial charge in [-0.25, -0.2) is 0 Å². The van der Waals surface area contributed by atoms with Gasteiger partial charge in [0.1, 0.15) is 0 Å². The maximum Gasteiger partial charge on any atom is 0.159 e. The van der Waals surface area contributed by atoms with Gasteiger partial charge in [0.15, 0.2) is 5.78 Å². The van der Waals surface area contributed by atoms with E-state index in [4.69, 9.17) is 0 Å². The van der Waals surface area contributed by atoms with Crippen molar-refractivity contribution in [3.05, 3.63) is 119 Å². The lowest BCUT2D eigenvalue weighted by atomic mass is 9.81. The van der Waals surface area contributed by atoms with Gasteiger partial charge in [0.25, 0.3) is 0 Å². The first-order chi connectivity index (χ1) is 14.2. The summed E-state index contributed by atoms with van der Waals surface area (Å²) in [7, 11) is 0. The minimum absolute atomic E-state index is 0.103. The molecule has 1 heteroatoms. The average molecular weight is 379 g/mol. The van der Waals surface area contributed by atoms with E-state index in [1.54, 1.807) is 6.92 Å². The van der Waals surface area contributed by atoms with E-state index in [1.165, 1.54) is 28.7 Å². The Morgan fingerprint density at radius 2 is 1.48 bits per heavy atom. The highest BCUT2D eigenvalue weighted by atomic mass is 16.1. The summed E-state index contributed by atoms with van der Waals surface area (Å²) in [6.07, 6.45) is 8.00. The third-order valence-corrected chi connectivity index (χ3v) is 5.74. The normalized spacial score (nSPS) is 16.9. The fourth-order valence-corrected chi connectivity index (χ4v) is 4.07. The molecule has 3 aromatic carbocycles. The van der Waals surface area contributed by atoms with Gasteiger partial charge in [0.05, 0.1) is 0 Å². The van der Waals surface area contributed by atoms with E-state index in [0.29, 0.717) is 5.92 Å². The molecule has 4 rings (SSSR count). The van der Waals surface area contributed by atoms with Crippen LogP contribution in [0.4, 0.5) is 0 Å². The van der Waals surface area contributed by atoms with Crippen molar-refractivity contribution >= 4 is 17.4 Å². The van der Waals surface area contributed by atoms with E-state index in [1.807, 2.05) is 24.3 Å². The molecule has 1 nitrogen and oxygen atoms in total. The average Bonchev–Trinajstić information content (AvgIpc) is 2.79. The Morgan fingerprint density at radius 3 is 2.07 bits per heavy atom. The molecule has 144 valence electrons. The highest BCUT2D eigenvalue weighted by molar-refractivity contribution is 5.95. The molecular formula is C28H26O. The molecule has 0 aromatic heterocycles. The third kappa shape index (κ3) is 4.63. The zero-order chi connectivity index (χ0) is 20.1. The van der Waals surface area contributed by atoms with Crippen molar-refractivity contribution in [3.63, 3.8) is 0 Å². The summed E-state index contributed by atoms with van der Waals surface area (Å²) in [5.41, 5.74) is 7.26. The van der Waals surface area contributed by atoms with Crippen molar-refractivity contribution < 1.29 is 4.79 Å². The van der Waals surface area contributed by atoms with Crippen LogP contribution in [0.2, 0.25) is 0 Å². The number of hydrogen-bond donors (Lipinski definition) is 0. The fraction of sp³-hybridized carbons (Fsp3) is 0.179. The van der Waals surface area contributed by atoms with Gasteiger partial charge in [0, 0.05) is 5.56 Å². The first kappa shape index (κ1) is 19.1. The second-order valence-corrected chi connectivity index (χ2v) is 7.71. The first-order valence-electron chi connectivity index (χ1n) is 10.3. The third-order valence-electron chi connectivity index (χ3n) is 5.74. The van der Waals surface area contributed by atoms with Crippen LogP contribution in [0.3, 0.4) is 0 Å². The summed E-state index contributed by atoms with van der Waals surface area (Å²) in [4.78, 5) is 11.6. The van der Waals surface area contributed by atoms with Crippen molar-refractivity contribution in [2.45, 2.75) is 32.1 Å². The van der Waals surface area contributed by atoms with E-state index >= 15 is 0 Å². The highest BCUT2D eigenvalue weighted by Crippen LogP contribution is 2.38. The molecular weight excluding hydrogens is 352 g/mol. The molecule has 0 N–H and O–H groups in total. The molecule has 3 aromatic rings. The molecule has 0 aliphatic heterocycles. The number of carbonyl (C=O) groups excluding carboxylic acids is 1. The van der Waals surface area contributed by atoms with E-state index in [0.717, 1.165) is 24.0 Å². The lowest BCUT2D eigenvalue weighted by Crippen LogP contribution is -2.05. The first-order valence-corrected chi connectivity index (χ1v) is 10.3. The summed E-state index contributed by atoms with van der Waals surface area (Å²) < 4.78 is 0. The van der Waals surface area contributed by atoms with Gasteiger partial charge in [-0.2, -0.15) is 0 Å². The second kappa shape index (κ2) is 8.87. The maximum atomic E-state index is 11.6. The van der Waals surface area contributed by atoms with Crippen molar-refractivity contribution in [3.8, 4) is 0 Å². The molecule has 0 spiro atoms. The smallest absolute Gasteiger partial charge is 0.159 e. The number of ketones is 1. The van der Waals surface area contributed by atoms with Crippen LogP contribution < -0.4 is 0 Å². The van der Waals surface area contributed by atoms with Crippen LogP contribution in [0, 0.1) is 0 Å². The molecule has 0 radical (unpaired) electrons. The largest absolute Gasteiger partial charge is 0.295 e. The minimum Gasteiger partial charge on any atom is -0.295 e. The molecule has 0 bridgehead atoms. The van der Waals surface area contributed by atoms with Gasteiger partial charge >= 0.3 is 0 Å². The molecule has 1 aliphatic rings. The van der Waals surface area contributed by atoms with Gasteiger partial charge < -0.3 is 0 Å². The van der Waals surface area contributed by atoms with Gasteiger partial charge in [-0.3, -0.25) is 4.79 Å². The Bertz CT molecular complexity index is 1020. The Balaban J connectivity index is 1.65. The zero-order valence-corrected chi connectivity index (χ0v) is 16.8. The molecule has 0 amide bonds. The van der Waals surface area contributed by atoms with Crippen LogP contribution in [-0.2, 0) is 0 Å². The molecule has 1 aliphatic carbocycles. The van der Waals surface area contributed by atoms with Crippen molar-refractivity contribution in [1.82, 2.24) is 0 Å². The summed E-state index contributed by atoms with van der Waals surface area (Å²) >= 11 is 0. The molecule has 1 unspecified atom stereocenters. The SMILES string of the molecule is CC(=O)c1ccc(/C=C(/C2=CCC(c3ccccc3)CC2)c2ccccc2)cc1. The lowest BCUT2D eigenvalue weighted by Gasteiger charge is -2.24. The van der Waals surface area contributed by atoms with Crippen LogP contribution in [0.1, 0.15) is 59.2 Å². The summed E-state index contributed by atoms with van der Waals surface area (Å²) in [5.74, 6) is 0.706. The Morgan fingerprint density at radius 1 is 0.828 bits per heavy atom. The van der Waals surface area contributed by atoms with E-state index in [2.05, 4.69) is 72.8 Å². The number of Topliss-reactive ketones (excluding diaryl/α,β-unsaturated/α-hetero) is 1. The van der Waals surface area contributed by atoms with E-state index in [-0.39, 0.29) is 5.78 Å².